The number of para-hydroxylation sites is 1. The molecule has 4 nitrogen and oxygen atoms in total. The highest BCUT2D eigenvalue weighted by Crippen LogP contribution is 2.45. The Morgan fingerprint density at radius 3 is 2.75 bits per heavy atom. The summed E-state index contributed by atoms with van der Waals surface area (Å²) in [4.78, 5) is 14.8. The van der Waals surface area contributed by atoms with Crippen LogP contribution < -0.4 is 9.47 Å². The van der Waals surface area contributed by atoms with Gasteiger partial charge in [-0.05, 0) is 18.4 Å². The molecule has 5 heteroatoms. The minimum atomic E-state index is 0.0335. The molecule has 1 heterocycles. The summed E-state index contributed by atoms with van der Waals surface area (Å²) in [7, 11) is 3.31. The van der Waals surface area contributed by atoms with Crippen LogP contribution in [0, 0.1) is 5.92 Å². The molecule has 3 rings (SSSR count). The molecule has 1 aromatic rings. The second kappa shape index (κ2) is 8.15. The van der Waals surface area contributed by atoms with Crippen molar-refractivity contribution >= 4 is 17.7 Å². The number of rotatable bonds is 6. The smallest absolute Gasteiger partial charge is 0.223 e. The van der Waals surface area contributed by atoms with E-state index in [9.17, 15) is 4.79 Å². The Balaban J connectivity index is 1.72. The molecule has 1 aliphatic carbocycles. The van der Waals surface area contributed by atoms with E-state index in [-0.39, 0.29) is 11.3 Å². The molecule has 0 aromatic heterocycles. The fourth-order valence-electron chi connectivity index (χ4n) is 3.86. The first-order valence-electron chi connectivity index (χ1n) is 8.86. The van der Waals surface area contributed by atoms with Crippen LogP contribution in [-0.4, -0.2) is 37.3 Å². The summed E-state index contributed by atoms with van der Waals surface area (Å²) >= 11 is 1.81. The van der Waals surface area contributed by atoms with Crippen molar-refractivity contribution in [3.05, 3.63) is 23.8 Å². The third kappa shape index (κ3) is 3.66. The van der Waals surface area contributed by atoms with Crippen LogP contribution in [-0.2, 0) is 4.79 Å². The lowest BCUT2D eigenvalue weighted by Crippen LogP contribution is -2.30. The van der Waals surface area contributed by atoms with Gasteiger partial charge in [0.15, 0.2) is 11.5 Å². The van der Waals surface area contributed by atoms with Crippen molar-refractivity contribution in [3.63, 3.8) is 0 Å². The average molecular weight is 349 g/mol. The van der Waals surface area contributed by atoms with Crippen molar-refractivity contribution < 1.29 is 14.3 Å². The maximum Gasteiger partial charge on any atom is 0.223 e. The van der Waals surface area contributed by atoms with Gasteiger partial charge in [0.25, 0.3) is 0 Å². The van der Waals surface area contributed by atoms with Crippen LogP contribution >= 0.6 is 11.8 Å². The summed E-state index contributed by atoms with van der Waals surface area (Å²) in [5.41, 5.74) is 1.04. The van der Waals surface area contributed by atoms with E-state index in [1.165, 1.54) is 25.7 Å². The molecule has 2 fully saturated rings. The largest absolute Gasteiger partial charge is 0.493 e. The number of thioether (sulfide) groups is 1. The molecule has 0 bridgehead atoms. The zero-order chi connectivity index (χ0) is 16.9. The second-order valence-electron chi connectivity index (χ2n) is 6.58. The molecular formula is C19H27NO3S. The fourth-order valence-corrected chi connectivity index (χ4v) is 5.15. The number of hydrogen-bond donors (Lipinski definition) is 0. The molecule has 1 saturated heterocycles. The second-order valence-corrected chi connectivity index (χ2v) is 7.77. The molecule has 24 heavy (non-hydrogen) atoms. The Bertz CT molecular complexity index is 572. The molecule has 0 radical (unpaired) electrons. The Morgan fingerprint density at radius 2 is 2.04 bits per heavy atom. The molecule has 1 atom stereocenters. The lowest BCUT2D eigenvalue weighted by Gasteiger charge is -2.26. The van der Waals surface area contributed by atoms with E-state index in [1.807, 2.05) is 34.9 Å². The predicted molar refractivity (Wildman–Crippen MR) is 97.7 cm³/mol. The van der Waals surface area contributed by atoms with Crippen LogP contribution in [0.1, 0.15) is 49.5 Å². The van der Waals surface area contributed by atoms with E-state index >= 15 is 0 Å². The number of nitrogens with zero attached hydrogens (tertiary/aromatic N) is 1. The van der Waals surface area contributed by atoms with Crippen LogP contribution in [0.5, 0.6) is 11.5 Å². The minimum Gasteiger partial charge on any atom is -0.493 e. The Hall–Kier alpha value is -1.36. The van der Waals surface area contributed by atoms with Gasteiger partial charge in [0, 0.05) is 24.3 Å². The zero-order valence-electron chi connectivity index (χ0n) is 14.6. The van der Waals surface area contributed by atoms with E-state index in [0.29, 0.717) is 6.42 Å². The van der Waals surface area contributed by atoms with Crippen molar-refractivity contribution in [3.8, 4) is 11.5 Å². The summed E-state index contributed by atoms with van der Waals surface area (Å²) < 4.78 is 11.0. The number of methoxy groups -OCH3 is 2. The third-order valence-electron chi connectivity index (χ3n) is 5.15. The molecule has 0 spiro atoms. The number of ether oxygens (including phenoxy) is 2. The van der Waals surface area contributed by atoms with Gasteiger partial charge in [-0.1, -0.05) is 37.8 Å². The molecule has 1 aromatic carbocycles. The zero-order valence-corrected chi connectivity index (χ0v) is 15.4. The molecule has 0 N–H and O–H groups in total. The molecule has 1 amide bonds. The van der Waals surface area contributed by atoms with E-state index < -0.39 is 0 Å². The SMILES string of the molecule is COc1cccc([C@@H]2SCCN2C(=O)CCC2CCCC2)c1OC. The molecule has 1 aliphatic heterocycles. The van der Waals surface area contributed by atoms with Gasteiger partial charge in [-0.15, -0.1) is 11.8 Å². The Labute approximate surface area is 148 Å². The average Bonchev–Trinajstić information content (AvgIpc) is 3.30. The van der Waals surface area contributed by atoms with Gasteiger partial charge in [0.2, 0.25) is 5.91 Å². The normalized spacial score (nSPS) is 21.2. The number of amides is 1. The minimum absolute atomic E-state index is 0.0335. The quantitative estimate of drug-likeness (QED) is 0.770. The van der Waals surface area contributed by atoms with Gasteiger partial charge < -0.3 is 14.4 Å². The summed E-state index contributed by atoms with van der Waals surface area (Å²) in [6.07, 6.45) is 6.99. The van der Waals surface area contributed by atoms with Crippen LogP contribution in [0.4, 0.5) is 0 Å². The van der Waals surface area contributed by atoms with E-state index in [1.54, 1.807) is 14.2 Å². The maximum atomic E-state index is 12.8. The van der Waals surface area contributed by atoms with Crippen molar-refractivity contribution in [2.24, 2.45) is 5.92 Å². The van der Waals surface area contributed by atoms with Crippen LogP contribution in [0.25, 0.3) is 0 Å². The van der Waals surface area contributed by atoms with Crippen LogP contribution in [0.2, 0.25) is 0 Å². The Morgan fingerprint density at radius 1 is 1.25 bits per heavy atom. The number of benzene rings is 1. The van der Waals surface area contributed by atoms with Crippen molar-refractivity contribution in [2.75, 3.05) is 26.5 Å². The number of carbonyl (C=O) groups excluding carboxylic acids is 1. The monoisotopic (exact) mass is 349 g/mol. The van der Waals surface area contributed by atoms with E-state index in [0.717, 1.165) is 41.7 Å². The van der Waals surface area contributed by atoms with Crippen LogP contribution in [0.15, 0.2) is 18.2 Å². The fraction of sp³-hybridized carbons (Fsp3) is 0.632. The highest BCUT2D eigenvalue weighted by Gasteiger charge is 2.33. The molecule has 132 valence electrons. The summed E-state index contributed by atoms with van der Waals surface area (Å²) in [6.45, 7) is 0.819. The van der Waals surface area contributed by atoms with Crippen molar-refractivity contribution in [1.29, 1.82) is 0 Å². The van der Waals surface area contributed by atoms with Crippen molar-refractivity contribution in [2.45, 2.75) is 43.9 Å². The lowest BCUT2D eigenvalue weighted by molar-refractivity contribution is -0.131. The maximum absolute atomic E-state index is 12.8. The first kappa shape index (κ1) is 17.5. The van der Waals surface area contributed by atoms with E-state index in [4.69, 9.17) is 9.47 Å². The number of carbonyl (C=O) groups is 1. The first-order valence-corrected chi connectivity index (χ1v) is 9.91. The summed E-state index contributed by atoms with van der Waals surface area (Å²) in [6, 6.07) is 5.91. The Kier molecular flexibility index (Phi) is 5.93. The standard InChI is InChI=1S/C19H27NO3S/c1-22-16-9-5-8-15(18(16)23-2)19-20(12-13-24-19)17(21)11-10-14-6-3-4-7-14/h5,8-9,14,19H,3-4,6-7,10-13H2,1-2H3/t19-/m0/s1. The lowest BCUT2D eigenvalue weighted by atomic mass is 10.0. The van der Waals surface area contributed by atoms with Gasteiger partial charge in [0.1, 0.15) is 5.37 Å². The van der Waals surface area contributed by atoms with Crippen molar-refractivity contribution in [1.82, 2.24) is 4.90 Å². The molecule has 0 unspecified atom stereocenters. The highest BCUT2D eigenvalue weighted by molar-refractivity contribution is 7.99. The highest BCUT2D eigenvalue weighted by atomic mass is 32.2. The topological polar surface area (TPSA) is 38.8 Å². The molecule has 1 saturated carbocycles. The molecule has 2 aliphatic rings. The number of hydrogen-bond acceptors (Lipinski definition) is 4. The van der Waals surface area contributed by atoms with Gasteiger partial charge in [0.05, 0.1) is 14.2 Å². The summed E-state index contributed by atoms with van der Waals surface area (Å²) in [5.74, 6) is 3.48. The molecular weight excluding hydrogens is 322 g/mol. The van der Waals surface area contributed by atoms with Gasteiger partial charge in [-0.25, -0.2) is 0 Å². The first-order chi connectivity index (χ1) is 11.7. The van der Waals surface area contributed by atoms with E-state index in [2.05, 4.69) is 0 Å². The van der Waals surface area contributed by atoms with Gasteiger partial charge in [-0.3, -0.25) is 4.79 Å². The van der Waals surface area contributed by atoms with Gasteiger partial charge in [-0.2, -0.15) is 0 Å². The third-order valence-corrected chi connectivity index (χ3v) is 6.39. The summed E-state index contributed by atoms with van der Waals surface area (Å²) in [5, 5.41) is 0.0335. The van der Waals surface area contributed by atoms with Crippen LogP contribution in [0.3, 0.4) is 0 Å². The van der Waals surface area contributed by atoms with Gasteiger partial charge >= 0.3 is 0 Å². The predicted octanol–water partition coefficient (Wildman–Crippen LogP) is 4.25.